The van der Waals surface area contributed by atoms with Crippen LogP contribution in [-0.2, 0) is 24.4 Å². The summed E-state index contributed by atoms with van der Waals surface area (Å²) < 4.78 is 13.3. The van der Waals surface area contributed by atoms with Gasteiger partial charge in [-0.2, -0.15) is 0 Å². The molecule has 1 saturated heterocycles. The molecule has 142 valence electrons. The zero-order chi connectivity index (χ0) is 19.1. The number of nitrogens with zero attached hydrogens (tertiary/aromatic N) is 2. The summed E-state index contributed by atoms with van der Waals surface area (Å²) in [4.78, 5) is 18.0. The van der Waals surface area contributed by atoms with Crippen molar-refractivity contribution in [2.75, 3.05) is 13.6 Å². The molecule has 2 aromatic rings. The van der Waals surface area contributed by atoms with Crippen molar-refractivity contribution >= 4 is 11.9 Å². The first kappa shape index (κ1) is 18.9. The molecule has 6 heteroatoms. The van der Waals surface area contributed by atoms with Crippen LogP contribution >= 0.6 is 0 Å². The number of carbonyl (C=O) groups is 1. The number of guanidine groups is 1. The number of nitrogens with one attached hydrogen (secondary N) is 2. The highest BCUT2D eigenvalue weighted by Gasteiger charge is 2.20. The van der Waals surface area contributed by atoms with E-state index in [4.69, 9.17) is 0 Å². The number of rotatable bonds is 6. The first-order valence-corrected chi connectivity index (χ1v) is 9.19. The van der Waals surface area contributed by atoms with Gasteiger partial charge in [-0.05, 0) is 35.2 Å². The third kappa shape index (κ3) is 5.29. The van der Waals surface area contributed by atoms with Crippen LogP contribution in [-0.4, -0.2) is 30.4 Å². The van der Waals surface area contributed by atoms with Gasteiger partial charge in [0.1, 0.15) is 5.82 Å². The van der Waals surface area contributed by atoms with Crippen molar-refractivity contribution in [3.63, 3.8) is 0 Å². The Balaban J connectivity index is 1.57. The fraction of sp³-hybridized carbons (Fsp3) is 0.333. The van der Waals surface area contributed by atoms with Crippen LogP contribution in [0.4, 0.5) is 4.39 Å². The second kappa shape index (κ2) is 9.16. The van der Waals surface area contributed by atoms with E-state index in [9.17, 15) is 9.18 Å². The van der Waals surface area contributed by atoms with Crippen molar-refractivity contribution < 1.29 is 9.18 Å². The molecule has 0 aromatic heterocycles. The number of carbonyl (C=O) groups excluding carboxylic acids is 1. The quantitative estimate of drug-likeness (QED) is 0.609. The molecule has 1 aliphatic heterocycles. The zero-order valence-electron chi connectivity index (χ0n) is 15.5. The fourth-order valence-electron chi connectivity index (χ4n) is 3.19. The molecule has 5 nitrogen and oxygen atoms in total. The molecule has 0 saturated carbocycles. The number of amides is 1. The zero-order valence-corrected chi connectivity index (χ0v) is 15.5. The van der Waals surface area contributed by atoms with Gasteiger partial charge in [-0.3, -0.25) is 9.79 Å². The van der Waals surface area contributed by atoms with Crippen LogP contribution in [0.2, 0.25) is 0 Å². The van der Waals surface area contributed by atoms with Gasteiger partial charge in [-0.1, -0.05) is 36.4 Å². The van der Waals surface area contributed by atoms with E-state index in [2.05, 4.69) is 27.8 Å². The summed E-state index contributed by atoms with van der Waals surface area (Å²) in [6.45, 7) is 2.56. The Morgan fingerprint density at radius 1 is 1.11 bits per heavy atom. The van der Waals surface area contributed by atoms with Gasteiger partial charge in [0.05, 0.1) is 0 Å². The lowest BCUT2D eigenvalue weighted by Gasteiger charge is -2.19. The minimum atomic E-state index is -0.248. The first-order chi connectivity index (χ1) is 13.2. The van der Waals surface area contributed by atoms with Crippen LogP contribution in [0.1, 0.15) is 29.5 Å². The third-order valence-electron chi connectivity index (χ3n) is 4.67. The molecular formula is C21H25FN4O. The highest BCUT2D eigenvalue weighted by molar-refractivity contribution is 5.79. The predicted molar refractivity (Wildman–Crippen MR) is 105 cm³/mol. The minimum absolute atomic E-state index is 0.227. The van der Waals surface area contributed by atoms with E-state index >= 15 is 0 Å². The van der Waals surface area contributed by atoms with Crippen molar-refractivity contribution in [1.82, 2.24) is 15.5 Å². The molecule has 0 radical (unpaired) electrons. The van der Waals surface area contributed by atoms with E-state index in [1.807, 2.05) is 23.1 Å². The largest absolute Gasteiger partial charge is 0.352 e. The average Bonchev–Trinajstić information content (AvgIpc) is 3.08. The van der Waals surface area contributed by atoms with Gasteiger partial charge < -0.3 is 15.5 Å². The molecule has 0 unspecified atom stereocenters. The molecule has 27 heavy (non-hydrogen) atoms. The predicted octanol–water partition coefficient (Wildman–Crippen LogP) is 2.81. The highest BCUT2D eigenvalue weighted by atomic mass is 19.1. The summed E-state index contributed by atoms with van der Waals surface area (Å²) in [5, 5.41) is 6.48. The maximum atomic E-state index is 13.3. The lowest BCUT2D eigenvalue weighted by Crippen LogP contribution is -2.36. The number of halogens is 1. The second-order valence-corrected chi connectivity index (χ2v) is 6.60. The summed E-state index contributed by atoms with van der Waals surface area (Å²) in [6, 6.07) is 14.6. The normalized spacial score (nSPS) is 14.5. The van der Waals surface area contributed by atoms with Crippen molar-refractivity contribution in [3.8, 4) is 0 Å². The average molecular weight is 368 g/mol. The fourth-order valence-corrected chi connectivity index (χ4v) is 3.19. The number of hydrogen-bond donors (Lipinski definition) is 2. The summed E-state index contributed by atoms with van der Waals surface area (Å²) >= 11 is 0. The third-order valence-corrected chi connectivity index (χ3v) is 4.67. The molecule has 3 rings (SSSR count). The lowest BCUT2D eigenvalue weighted by atomic mass is 10.1. The molecular weight excluding hydrogens is 343 g/mol. The van der Waals surface area contributed by atoms with E-state index in [1.165, 1.54) is 12.1 Å². The molecule has 0 spiro atoms. The second-order valence-electron chi connectivity index (χ2n) is 6.60. The van der Waals surface area contributed by atoms with Gasteiger partial charge >= 0.3 is 0 Å². The summed E-state index contributed by atoms with van der Waals surface area (Å²) in [5.41, 5.74) is 3.12. The molecule has 1 fully saturated rings. The molecule has 0 bridgehead atoms. The monoisotopic (exact) mass is 368 g/mol. The van der Waals surface area contributed by atoms with Crippen molar-refractivity contribution in [2.24, 2.45) is 4.99 Å². The van der Waals surface area contributed by atoms with Crippen LogP contribution in [0.3, 0.4) is 0 Å². The van der Waals surface area contributed by atoms with Crippen molar-refractivity contribution in [1.29, 1.82) is 0 Å². The summed E-state index contributed by atoms with van der Waals surface area (Å²) in [7, 11) is 1.70. The Bertz CT molecular complexity index is 821. The SMILES string of the molecule is CN=C(NCc1cccc(F)c1)NCc1ccccc1CN1CCCC1=O. The maximum Gasteiger partial charge on any atom is 0.222 e. The van der Waals surface area contributed by atoms with Crippen molar-refractivity contribution in [2.45, 2.75) is 32.5 Å². The molecule has 2 N–H and O–H groups in total. The van der Waals surface area contributed by atoms with Crippen molar-refractivity contribution in [3.05, 3.63) is 71.0 Å². The summed E-state index contributed by atoms with van der Waals surface area (Å²) in [6.07, 6.45) is 1.59. The van der Waals surface area contributed by atoms with E-state index < -0.39 is 0 Å². The molecule has 0 atom stereocenters. The van der Waals surface area contributed by atoms with Crippen LogP contribution in [0.15, 0.2) is 53.5 Å². The van der Waals surface area contributed by atoms with Crippen LogP contribution in [0.5, 0.6) is 0 Å². The van der Waals surface area contributed by atoms with Gasteiger partial charge in [-0.25, -0.2) is 4.39 Å². The number of hydrogen-bond acceptors (Lipinski definition) is 2. The van der Waals surface area contributed by atoms with Crippen LogP contribution in [0.25, 0.3) is 0 Å². The van der Waals surface area contributed by atoms with Crippen LogP contribution in [0, 0.1) is 5.82 Å². The molecule has 1 heterocycles. The Hall–Kier alpha value is -2.89. The molecule has 1 amide bonds. The number of aliphatic imine (C=N–C) groups is 1. The lowest BCUT2D eigenvalue weighted by molar-refractivity contribution is -0.128. The number of likely N-dealkylation sites (tertiary alicyclic amines) is 1. The van der Waals surface area contributed by atoms with Gasteiger partial charge in [0, 0.05) is 39.6 Å². The minimum Gasteiger partial charge on any atom is -0.352 e. The van der Waals surface area contributed by atoms with Gasteiger partial charge in [-0.15, -0.1) is 0 Å². The molecule has 1 aliphatic rings. The van der Waals surface area contributed by atoms with Gasteiger partial charge in [0.2, 0.25) is 5.91 Å². The van der Waals surface area contributed by atoms with E-state index in [1.54, 1.807) is 13.1 Å². The van der Waals surface area contributed by atoms with Gasteiger partial charge in [0.25, 0.3) is 0 Å². The topological polar surface area (TPSA) is 56.7 Å². The Kier molecular flexibility index (Phi) is 6.41. The van der Waals surface area contributed by atoms with E-state index in [0.717, 1.165) is 29.7 Å². The van der Waals surface area contributed by atoms with E-state index in [-0.39, 0.29) is 11.7 Å². The smallest absolute Gasteiger partial charge is 0.222 e. The Morgan fingerprint density at radius 3 is 2.59 bits per heavy atom. The van der Waals surface area contributed by atoms with Crippen LogP contribution < -0.4 is 10.6 Å². The Morgan fingerprint density at radius 2 is 1.89 bits per heavy atom. The standard InChI is InChI=1S/C21H25FN4O/c1-23-21(24-13-16-6-4-9-19(22)12-16)25-14-17-7-2-3-8-18(17)15-26-11-5-10-20(26)27/h2-4,6-9,12H,5,10-11,13-15H2,1H3,(H2,23,24,25). The maximum absolute atomic E-state index is 13.3. The molecule has 2 aromatic carbocycles. The van der Waals surface area contributed by atoms with Gasteiger partial charge in [0.15, 0.2) is 5.96 Å². The number of benzene rings is 2. The highest BCUT2D eigenvalue weighted by Crippen LogP contribution is 2.17. The van der Waals surface area contributed by atoms with E-state index in [0.29, 0.717) is 32.0 Å². The summed E-state index contributed by atoms with van der Waals surface area (Å²) in [5.74, 6) is 0.624. The Labute approximate surface area is 159 Å². The first-order valence-electron chi connectivity index (χ1n) is 9.19. The molecule has 0 aliphatic carbocycles.